The standard InChI is InChI=1S/C28H23Cl2NO2/c1-33-24-15-12-20(13-16-24)19-31(28(32)25-17-14-23(29)18-26(25)30)27(21-8-4-2-5-9-21)22-10-6-3-7-11-22/h2-18,27H,19H2,1H3. The Balaban J connectivity index is 1.83. The molecule has 0 atom stereocenters. The first-order chi connectivity index (χ1) is 16.1. The van der Waals surface area contributed by atoms with Gasteiger partial charge in [0.05, 0.1) is 23.7 Å². The summed E-state index contributed by atoms with van der Waals surface area (Å²) in [7, 11) is 1.63. The van der Waals surface area contributed by atoms with Crippen molar-refractivity contribution < 1.29 is 9.53 Å². The molecule has 0 radical (unpaired) electrons. The van der Waals surface area contributed by atoms with Gasteiger partial charge in [-0.2, -0.15) is 0 Å². The van der Waals surface area contributed by atoms with E-state index >= 15 is 0 Å². The Morgan fingerprint density at radius 1 is 0.818 bits per heavy atom. The number of ether oxygens (including phenoxy) is 1. The molecule has 4 aromatic carbocycles. The summed E-state index contributed by atoms with van der Waals surface area (Å²) in [5.41, 5.74) is 3.41. The molecular formula is C28H23Cl2NO2. The number of methoxy groups -OCH3 is 1. The first-order valence-corrected chi connectivity index (χ1v) is 11.3. The minimum absolute atomic E-state index is 0.176. The molecule has 0 spiro atoms. The molecule has 0 aliphatic heterocycles. The number of nitrogens with zero attached hydrogens (tertiary/aromatic N) is 1. The molecule has 4 aromatic rings. The quantitative estimate of drug-likeness (QED) is 0.278. The van der Waals surface area contributed by atoms with E-state index < -0.39 is 0 Å². The molecule has 0 N–H and O–H groups in total. The average molecular weight is 476 g/mol. The molecule has 0 aromatic heterocycles. The molecule has 1 amide bonds. The van der Waals surface area contributed by atoms with Crippen LogP contribution in [0, 0.1) is 0 Å². The number of carbonyl (C=O) groups excluding carboxylic acids is 1. The second-order valence-electron chi connectivity index (χ2n) is 7.63. The highest BCUT2D eigenvalue weighted by Crippen LogP contribution is 2.33. The highest BCUT2D eigenvalue weighted by Gasteiger charge is 2.29. The van der Waals surface area contributed by atoms with Crippen molar-refractivity contribution in [3.8, 4) is 5.75 Å². The molecule has 0 aliphatic rings. The minimum Gasteiger partial charge on any atom is -0.497 e. The molecule has 5 heteroatoms. The summed E-state index contributed by atoms with van der Waals surface area (Å²) in [6.07, 6.45) is 0. The Morgan fingerprint density at radius 3 is 1.91 bits per heavy atom. The van der Waals surface area contributed by atoms with E-state index in [-0.39, 0.29) is 11.9 Å². The zero-order valence-electron chi connectivity index (χ0n) is 18.1. The fourth-order valence-corrected chi connectivity index (χ4v) is 4.34. The fourth-order valence-electron chi connectivity index (χ4n) is 3.85. The van der Waals surface area contributed by atoms with Crippen LogP contribution >= 0.6 is 23.2 Å². The summed E-state index contributed by atoms with van der Waals surface area (Å²) in [5, 5.41) is 0.813. The number of carbonyl (C=O) groups is 1. The number of hydrogen-bond donors (Lipinski definition) is 0. The highest BCUT2D eigenvalue weighted by atomic mass is 35.5. The van der Waals surface area contributed by atoms with Crippen LogP contribution in [0.15, 0.2) is 103 Å². The third-order valence-corrected chi connectivity index (χ3v) is 6.02. The number of rotatable bonds is 7. The molecule has 0 fully saturated rings. The van der Waals surface area contributed by atoms with E-state index in [4.69, 9.17) is 27.9 Å². The summed E-state index contributed by atoms with van der Waals surface area (Å²) < 4.78 is 5.29. The lowest BCUT2D eigenvalue weighted by Gasteiger charge is -2.33. The van der Waals surface area contributed by atoms with Crippen molar-refractivity contribution in [2.45, 2.75) is 12.6 Å². The van der Waals surface area contributed by atoms with Gasteiger partial charge in [-0.05, 0) is 47.0 Å². The third kappa shape index (κ3) is 5.39. The predicted octanol–water partition coefficient (Wildman–Crippen LogP) is 7.43. The summed E-state index contributed by atoms with van der Waals surface area (Å²) in [4.78, 5) is 15.8. The molecule has 166 valence electrons. The highest BCUT2D eigenvalue weighted by molar-refractivity contribution is 6.36. The molecule has 0 heterocycles. The van der Waals surface area contributed by atoms with Gasteiger partial charge in [0.25, 0.3) is 5.91 Å². The smallest absolute Gasteiger partial charge is 0.256 e. The van der Waals surface area contributed by atoms with Gasteiger partial charge in [-0.15, -0.1) is 0 Å². The first-order valence-electron chi connectivity index (χ1n) is 10.6. The lowest BCUT2D eigenvalue weighted by atomic mass is 9.95. The van der Waals surface area contributed by atoms with Crippen LogP contribution in [0.4, 0.5) is 0 Å². The van der Waals surface area contributed by atoms with E-state index in [0.29, 0.717) is 22.2 Å². The minimum atomic E-state index is -0.311. The summed E-state index contributed by atoms with van der Waals surface area (Å²) in [6, 6.07) is 32.4. The molecule has 4 rings (SSSR count). The van der Waals surface area contributed by atoms with Crippen molar-refractivity contribution in [1.82, 2.24) is 4.90 Å². The molecule has 3 nitrogen and oxygen atoms in total. The molecule has 0 unspecified atom stereocenters. The number of amides is 1. The molecule has 33 heavy (non-hydrogen) atoms. The zero-order valence-corrected chi connectivity index (χ0v) is 19.6. The molecule has 0 saturated carbocycles. The Hall–Kier alpha value is -3.27. The second-order valence-corrected chi connectivity index (χ2v) is 8.47. The molecular weight excluding hydrogens is 453 g/mol. The average Bonchev–Trinajstić information content (AvgIpc) is 2.85. The van der Waals surface area contributed by atoms with Crippen LogP contribution in [0.1, 0.15) is 33.1 Å². The maximum Gasteiger partial charge on any atom is 0.256 e. The van der Waals surface area contributed by atoms with Crippen molar-refractivity contribution in [2.75, 3.05) is 7.11 Å². The topological polar surface area (TPSA) is 29.5 Å². The van der Waals surface area contributed by atoms with Crippen LogP contribution in [-0.4, -0.2) is 17.9 Å². The zero-order chi connectivity index (χ0) is 23.2. The Kier molecular flexibility index (Phi) is 7.33. The summed E-state index contributed by atoms with van der Waals surface area (Å²) in [6.45, 7) is 0.385. The molecule has 0 saturated heterocycles. The van der Waals surface area contributed by atoms with Crippen molar-refractivity contribution in [3.63, 3.8) is 0 Å². The lowest BCUT2D eigenvalue weighted by molar-refractivity contribution is 0.0691. The van der Waals surface area contributed by atoms with E-state index in [0.717, 1.165) is 22.4 Å². The summed E-state index contributed by atoms with van der Waals surface area (Å²) in [5.74, 6) is 0.588. The van der Waals surface area contributed by atoms with Crippen LogP contribution in [-0.2, 0) is 6.54 Å². The van der Waals surface area contributed by atoms with Gasteiger partial charge in [0.2, 0.25) is 0 Å². The van der Waals surface area contributed by atoms with Crippen molar-refractivity contribution >= 4 is 29.1 Å². The lowest BCUT2D eigenvalue weighted by Crippen LogP contribution is -2.35. The van der Waals surface area contributed by atoms with Gasteiger partial charge in [0.15, 0.2) is 0 Å². The maximum atomic E-state index is 14.0. The van der Waals surface area contributed by atoms with E-state index in [1.165, 1.54) is 0 Å². The van der Waals surface area contributed by atoms with Crippen molar-refractivity contribution in [3.05, 3.63) is 135 Å². The van der Waals surface area contributed by atoms with E-state index in [2.05, 4.69) is 0 Å². The number of halogens is 2. The predicted molar refractivity (Wildman–Crippen MR) is 134 cm³/mol. The SMILES string of the molecule is COc1ccc(CN(C(=O)c2ccc(Cl)cc2Cl)C(c2ccccc2)c2ccccc2)cc1. The largest absolute Gasteiger partial charge is 0.497 e. The third-order valence-electron chi connectivity index (χ3n) is 5.48. The Labute approximate surface area is 204 Å². The van der Waals surface area contributed by atoms with Gasteiger partial charge in [0, 0.05) is 11.6 Å². The van der Waals surface area contributed by atoms with Crippen LogP contribution in [0.5, 0.6) is 5.75 Å². The van der Waals surface area contributed by atoms with Gasteiger partial charge in [-0.1, -0.05) is 96.0 Å². The summed E-state index contributed by atoms with van der Waals surface area (Å²) >= 11 is 12.6. The van der Waals surface area contributed by atoms with Crippen LogP contribution in [0.25, 0.3) is 0 Å². The molecule has 0 aliphatic carbocycles. The molecule has 0 bridgehead atoms. The van der Waals surface area contributed by atoms with E-state index in [1.54, 1.807) is 25.3 Å². The number of benzene rings is 4. The van der Waals surface area contributed by atoms with E-state index in [1.807, 2.05) is 89.8 Å². The number of hydrogen-bond acceptors (Lipinski definition) is 2. The van der Waals surface area contributed by atoms with Crippen LogP contribution in [0.3, 0.4) is 0 Å². The van der Waals surface area contributed by atoms with Crippen molar-refractivity contribution in [2.24, 2.45) is 0 Å². The monoisotopic (exact) mass is 475 g/mol. The first kappa shape index (κ1) is 22.9. The van der Waals surface area contributed by atoms with Gasteiger partial charge in [0.1, 0.15) is 5.75 Å². The maximum absolute atomic E-state index is 14.0. The van der Waals surface area contributed by atoms with Gasteiger partial charge < -0.3 is 9.64 Å². The van der Waals surface area contributed by atoms with Gasteiger partial charge in [-0.3, -0.25) is 4.79 Å². The van der Waals surface area contributed by atoms with Gasteiger partial charge in [-0.25, -0.2) is 0 Å². The van der Waals surface area contributed by atoms with E-state index in [9.17, 15) is 4.79 Å². The van der Waals surface area contributed by atoms with Crippen LogP contribution in [0.2, 0.25) is 10.0 Å². The van der Waals surface area contributed by atoms with Crippen molar-refractivity contribution in [1.29, 1.82) is 0 Å². The Morgan fingerprint density at radius 2 is 1.39 bits per heavy atom. The normalized spacial score (nSPS) is 10.8. The second kappa shape index (κ2) is 10.6. The van der Waals surface area contributed by atoms with Gasteiger partial charge >= 0.3 is 0 Å². The van der Waals surface area contributed by atoms with Crippen LogP contribution < -0.4 is 4.74 Å². The Bertz CT molecular complexity index is 1170. The fraction of sp³-hybridized carbons (Fsp3) is 0.107.